The predicted molar refractivity (Wildman–Crippen MR) is 144 cm³/mol. The average molecular weight is 531 g/mol. The van der Waals surface area contributed by atoms with E-state index in [-0.39, 0.29) is 28.9 Å². The lowest BCUT2D eigenvalue weighted by Crippen LogP contribution is -2.43. The zero-order chi connectivity index (χ0) is 26.9. The minimum Gasteiger partial charge on any atom is -0.480 e. The molecule has 4 aliphatic rings. The summed E-state index contributed by atoms with van der Waals surface area (Å²) in [5, 5.41) is 21.3. The van der Waals surface area contributed by atoms with Crippen LogP contribution in [0.25, 0.3) is 0 Å². The molecule has 2 unspecified atom stereocenters. The molecule has 202 valence electrons. The number of hydrogen-bond donors (Lipinski definition) is 3. The summed E-state index contributed by atoms with van der Waals surface area (Å²) in [6.45, 7) is 4.51. The van der Waals surface area contributed by atoms with Gasteiger partial charge < -0.3 is 20.4 Å². The number of carboxylic acids is 2. The van der Waals surface area contributed by atoms with Gasteiger partial charge in [-0.3, -0.25) is 14.4 Å². The predicted octanol–water partition coefficient (Wildman–Crippen LogP) is 3.81. The highest BCUT2D eigenvalue weighted by Gasteiger charge is 2.41. The normalized spacial score (nSPS) is 27.6. The maximum atomic E-state index is 12.6. The van der Waals surface area contributed by atoms with Gasteiger partial charge in [0, 0.05) is 37.6 Å². The zero-order valence-electron chi connectivity index (χ0n) is 21.6. The summed E-state index contributed by atoms with van der Waals surface area (Å²) in [4.78, 5) is 47.4. The van der Waals surface area contributed by atoms with E-state index in [1.165, 1.54) is 23.0 Å². The fourth-order valence-corrected chi connectivity index (χ4v) is 5.92. The number of likely N-dealkylation sites (tertiary alicyclic amines) is 1. The van der Waals surface area contributed by atoms with Gasteiger partial charge in [-0.15, -0.1) is 0 Å². The van der Waals surface area contributed by atoms with Gasteiger partial charge in [0.15, 0.2) is 5.12 Å². The third-order valence-corrected chi connectivity index (χ3v) is 8.45. The fourth-order valence-electron chi connectivity index (χ4n) is 5.29. The Morgan fingerprint density at radius 1 is 0.973 bits per heavy atom. The molecule has 4 rings (SSSR count). The largest absolute Gasteiger partial charge is 0.480 e. The molecule has 0 bridgehead atoms. The number of allylic oxidation sites excluding steroid dienone is 6. The van der Waals surface area contributed by atoms with Gasteiger partial charge >= 0.3 is 11.9 Å². The third-order valence-electron chi connectivity index (χ3n) is 7.38. The summed E-state index contributed by atoms with van der Waals surface area (Å²) < 4.78 is 0. The molecule has 3 N–H and O–H groups in total. The first-order chi connectivity index (χ1) is 17.7. The van der Waals surface area contributed by atoms with E-state index in [4.69, 9.17) is 5.11 Å². The Bertz CT molecular complexity index is 1000. The highest BCUT2D eigenvalue weighted by molar-refractivity contribution is 8.13. The molecule has 2 fully saturated rings. The number of amides is 1. The second-order valence-electron chi connectivity index (χ2n) is 10.1. The summed E-state index contributed by atoms with van der Waals surface area (Å²) in [6, 6.07) is -1.10. The Kier molecular flexibility index (Phi) is 10.8. The minimum absolute atomic E-state index is 0.0297. The Morgan fingerprint density at radius 2 is 1.59 bits per heavy atom. The Hall–Kier alpha value is -2.65. The number of thioether (sulfide) groups is 1. The van der Waals surface area contributed by atoms with E-state index in [2.05, 4.69) is 41.8 Å². The average Bonchev–Trinajstić information content (AvgIpc) is 3.57. The van der Waals surface area contributed by atoms with Crippen LogP contribution in [0.4, 0.5) is 0 Å². The van der Waals surface area contributed by atoms with Gasteiger partial charge in [0.25, 0.3) is 0 Å². The van der Waals surface area contributed by atoms with Crippen LogP contribution >= 0.6 is 11.8 Å². The van der Waals surface area contributed by atoms with Crippen LogP contribution in [0.15, 0.2) is 47.6 Å². The summed E-state index contributed by atoms with van der Waals surface area (Å²) in [6.07, 6.45) is 17.8. The quantitative estimate of drug-likeness (QED) is 0.425. The maximum absolute atomic E-state index is 12.6. The summed E-state index contributed by atoms with van der Waals surface area (Å²) in [5.41, 5.74) is 2.64. The van der Waals surface area contributed by atoms with E-state index >= 15 is 0 Å². The van der Waals surface area contributed by atoms with Crippen molar-refractivity contribution in [3.05, 3.63) is 47.6 Å². The third kappa shape index (κ3) is 8.17. The van der Waals surface area contributed by atoms with Gasteiger partial charge in [0.1, 0.15) is 12.1 Å². The molecule has 0 spiro atoms. The van der Waals surface area contributed by atoms with Crippen LogP contribution in [-0.2, 0) is 19.2 Å². The monoisotopic (exact) mass is 530 g/mol. The van der Waals surface area contributed by atoms with E-state index in [1.54, 1.807) is 6.92 Å². The summed E-state index contributed by atoms with van der Waals surface area (Å²) >= 11 is 1.11. The molecule has 5 atom stereocenters. The van der Waals surface area contributed by atoms with E-state index in [0.29, 0.717) is 24.6 Å². The van der Waals surface area contributed by atoms with Crippen molar-refractivity contribution in [2.45, 2.75) is 64.5 Å². The Labute approximate surface area is 222 Å². The molecule has 2 heterocycles. The summed E-state index contributed by atoms with van der Waals surface area (Å²) in [7, 11) is 0. The second kappa shape index (κ2) is 13.8. The molecule has 0 aromatic carbocycles. The van der Waals surface area contributed by atoms with Gasteiger partial charge in [0.2, 0.25) is 5.91 Å². The van der Waals surface area contributed by atoms with Crippen molar-refractivity contribution in [3.63, 3.8) is 0 Å². The van der Waals surface area contributed by atoms with Crippen LogP contribution in [0.5, 0.6) is 0 Å². The zero-order valence-corrected chi connectivity index (χ0v) is 22.4. The van der Waals surface area contributed by atoms with Crippen LogP contribution in [0.2, 0.25) is 0 Å². The number of aliphatic carboxylic acids is 2. The van der Waals surface area contributed by atoms with Crippen molar-refractivity contribution >= 4 is 34.7 Å². The maximum Gasteiger partial charge on any atom is 0.326 e. The minimum atomic E-state index is -0.945. The Morgan fingerprint density at radius 3 is 2.08 bits per heavy atom. The molecule has 1 amide bonds. The molecule has 2 aliphatic heterocycles. The van der Waals surface area contributed by atoms with Crippen LogP contribution in [0, 0.1) is 17.8 Å². The number of carbonyl (C=O) groups excluding carboxylic acids is 2. The van der Waals surface area contributed by atoms with Crippen molar-refractivity contribution in [3.8, 4) is 0 Å². The lowest BCUT2D eigenvalue weighted by Gasteiger charge is -2.25. The first-order valence-corrected chi connectivity index (χ1v) is 14.0. The van der Waals surface area contributed by atoms with Crippen molar-refractivity contribution in [1.29, 1.82) is 0 Å². The molecule has 0 saturated carbocycles. The van der Waals surface area contributed by atoms with Gasteiger partial charge in [-0.1, -0.05) is 66.3 Å². The van der Waals surface area contributed by atoms with Gasteiger partial charge in [-0.25, -0.2) is 4.79 Å². The lowest BCUT2D eigenvalue weighted by atomic mass is 9.90. The molecular formula is C28H38N2O6S. The highest BCUT2D eigenvalue weighted by Crippen LogP contribution is 2.34. The van der Waals surface area contributed by atoms with Crippen molar-refractivity contribution < 1.29 is 29.4 Å². The molecule has 37 heavy (non-hydrogen) atoms. The molecule has 0 aromatic heterocycles. The van der Waals surface area contributed by atoms with Gasteiger partial charge in [-0.05, 0) is 44.4 Å². The van der Waals surface area contributed by atoms with Crippen molar-refractivity contribution in [2.24, 2.45) is 17.8 Å². The van der Waals surface area contributed by atoms with Crippen LogP contribution in [0.3, 0.4) is 0 Å². The van der Waals surface area contributed by atoms with E-state index in [0.717, 1.165) is 50.4 Å². The summed E-state index contributed by atoms with van der Waals surface area (Å²) in [5.74, 6) is -1.24. The number of nitrogens with one attached hydrogen (secondary N) is 1. The number of carboxylic acid groups (broad SMARTS) is 2. The SMILES string of the molecule is CC(=O)SCC(C)C(=O)N1C[C@@H](C2=CCC=CC2)C[C@H]1C(=O)O.O=C(O)[C@@H]1CC(C2=CCC=CC2)CN1. The smallest absolute Gasteiger partial charge is 0.326 e. The van der Waals surface area contributed by atoms with Crippen molar-refractivity contribution in [1.82, 2.24) is 10.2 Å². The second-order valence-corrected chi connectivity index (χ2v) is 11.3. The van der Waals surface area contributed by atoms with E-state index in [9.17, 15) is 24.3 Å². The van der Waals surface area contributed by atoms with Crippen LogP contribution < -0.4 is 5.32 Å². The molecule has 9 heteroatoms. The highest BCUT2D eigenvalue weighted by atomic mass is 32.2. The number of rotatable bonds is 7. The van der Waals surface area contributed by atoms with Crippen LogP contribution in [-0.4, -0.2) is 69.0 Å². The molecular weight excluding hydrogens is 492 g/mol. The van der Waals surface area contributed by atoms with Crippen molar-refractivity contribution in [2.75, 3.05) is 18.8 Å². The fraction of sp³-hybridized carbons (Fsp3) is 0.571. The number of nitrogens with zero attached hydrogens (tertiary/aromatic N) is 1. The van der Waals surface area contributed by atoms with Gasteiger partial charge in [-0.2, -0.15) is 0 Å². The molecule has 2 saturated heterocycles. The lowest BCUT2D eigenvalue weighted by molar-refractivity contribution is -0.149. The number of hydrogen-bond acceptors (Lipinski definition) is 6. The first-order valence-electron chi connectivity index (χ1n) is 13.0. The molecule has 8 nitrogen and oxygen atoms in total. The van der Waals surface area contributed by atoms with Gasteiger partial charge in [0.05, 0.1) is 0 Å². The standard InChI is InChI=1S/C17H23NO4S.C11H15NO2/c1-11(10-23-12(2)19)16(20)18-9-14(8-15(18)17(21)22)13-6-4-3-5-7-13;13-11(14)10-6-9(7-12-10)8-4-2-1-3-5-8/h3-4,7,11,14-15H,5-6,8-10H2,1-2H3,(H,21,22);1-2,5,9-10,12H,3-4,6-7H2,(H,13,14)/t11?,14-,15-;9?,10-/m00/s1. The topological polar surface area (TPSA) is 124 Å². The molecule has 0 aromatic rings. The number of carbonyl (C=O) groups is 4. The van der Waals surface area contributed by atoms with E-state index < -0.39 is 18.0 Å². The van der Waals surface area contributed by atoms with Crippen LogP contribution in [0.1, 0.15) is 52.4 Å². The Balaban J connectivity index is 0.000000231. The molecule has 2 aliphatic carbocycles. The molecule has 0 radical (unpaired) electrons. The first kappa shape index (κ1) is 28.9. The van der Waals surface area contributed by atoms with E-state index in [1.807, 2.05) is 0 Å².